The lowest BCUT2D eigenvalue weighted by molar-refractivity contribution is 0.937. The van der Waals surface area contributed by atoms with Crippen LogP contribution in [-0.2, 0) is 6.42 Å². The Morgan fingerprint density at radius 1 is 1.15 bits per heavy atom. The quantitative estimate of drug-likeness (QED) is 0.835. The lowest BCUT2D eigenvalue weighted by atomic mass is 10.2. The highest BCUT2D eigenvalue weighted by Crippen LogP contribution is 2.33. The Bertz CT molecular complexity index is 596. The summed E-state index contributed by atoms with van der Waals surface area (Å²) >= 11 is 1.73. The molecule has 20 heavy (non-hydrogen) atoms. The Morgan fingerprint density at radius 2 is 1.95 bits per heavy atom. The number of aromatic nitrogens is 2. The fourth-order valence-electron chi connectivity index (χ4n) is 2.04. The van der Waals surface area contributed by atoms with E-state index in [1.165, 1.54) is 21.6 Å². The third kappa shape index (κ3) is 3.31. The fourth-order valence-corrected chi connectivity index (χ4v) is 3.19. The standard InChI is InChI=1S/C16H21N3S/c1-5-13-15(17-6-2)18-10-19-16(13)20-14-9-11(3)7-8-12(14)4/h7-10H,5-6H2,1-4H3,(H,17,18,19). The molecule has 0 amide bonds. The second kappa shape index (κ2) is 6.75. The van der Waals surface area contributed by atoms with Crippen LogP contribution in [0.4, 0.5) is 5.82 Å². The maximum Gasteiger partial charge on any atom is 0.133 e. The van der Waals surface area contributed by atoms with Gasteiger partial charge >= 0.3 is 0 Å². The summed E-state index contributed by atoms with van der Waals surface area (Å²) in [5, 5.41) is 4.36. The van der Waals surface area contributed by atoms with E-state index in [1.54, 1.807) is 18.1 Å². The Labute approximate surface area is 125 Å². The summed E-state index contributed by atoms with van der Waals surface area (Å²) in [6, 6.07) is 6.52. The van der Waals surface area contributed by atoms with Gasteiger partial charge in [0.25, 0.3) is 0 Å². The van der Waals surface area contributed by atoms with Gasteiger partial charge in [0.15, 0.2) is 0 Å². The van der Waals surface area contributed by atoms with Crippen LogP contribution < -0.4 is 5.32 Å². The van der Waals surface area contributed by atoms with E-state index in [-0.39, 0.29) is 0 Å². The number of hydrogen-bond acceptors (Lipinski definition) is 4. The highest BCUT2D eigenvalue weighted by atomic mass is 32.2. The smallest absolute Gasteiger partial charge is 0.133 e. The molecule has 1 heterocycles. The van der Waals surface area contributed by atoms with Gasteiger partial charge in [-0.05, 0) is 44.4 Å². The first-order valence-electron chi connectivity index (χ1n) is 6.98. The van der Waals surface area contributed by atoms with Crippen LogP contribution in [0.1, 0.15) is 30.5 Å². The van der Waals surface area contributed by atoms with E-state index in [0.717, 1.165) is 23.8 Å². The van der Waals surface area contributed by atoms with E-state index >= 15 is 0 Å². The number of hydrogen-bond donors (Lipinski definition) is 1. The van der Waals surface area contributed by atoms with Crippen LogP contribution in [-0.4, -0.2) is 16.5 Å². The second-order valence-electron chi connectivity index (χ2n) is 4.76. The van der Waals surface area contributed by atoms with Gasteiger partial charge in [0.05, 0.1) is 0 Å². The van der Waals surface area contributed by atoms with Gasteiger partial charge in [-0.15, -0.1) is 0 Å². The molecule has 0 unspecified atom stereocenters. The first-order valence-corrected chi connectivity index (χ1v) is 7.80. The molecule has 0 radical (unpaired) electrons. The summed E-state index contributed by atoms with van der Waals surface area (Å²) in [6.07, 6.45) is 2.57. The van der Waals surface area contributed by atoms with Crippen LogP contribution in [0.3, 0.4) is 0 Å². The molecule has 4 heteroatoms. The Balaban J connectivity index is 2.37. The molecule has 1 aromatic carbocycles. The molecule has 2 rings (SSSR count). The lowest BCUT2D eigenvalue weighted by Crippen LogP contribution is -2.05. The predicted octanol–water partition coefficient (Wildman–Crippen LogP) is 4.24. The van der Waals surface area contributed by atoms with Crippen LogP contribution in [0, 0.1) is 13.8 Å². The van der Waals surface area contributed by atoms with Gasteiger partial charge in [-0.1, -0.05) is 30.8 Å². The molecule has 0 atom stereocenters. The number of nitrogens with zero attached hydrogens (tertiary/aromatic N) is 2. The molecule has 1 aromatic heterocycles. The largest absolute Gasteiger partial charge is 0.370 e. The molecule has 0 aliphatic heterocycles. The van der Waals surface area contributed by atoms with Crippen LogP contribution in [0.2, 0.25) is 0 Å². The van der Waals surface area contributed by atoms with Crippen LogP contribution >= 0.6 is 11.8 Å². The monoisotopic (exact) mass is 287 g/mol. The molecule has 0 aliphatic rings. The van der Waals surface area contributed by atoms with Gasteiger partial charge in [-0.2, -0.15) is 0 Å². The van der Waals surface area contributed by atoms with Crippen LogP contribution in [0.5, 0.6) is 0 Å². The van der Waals surface area contributed by atoms with Gasteiger partial charge in [0.2, 0.25) is 0 Å². The van der Waals surface area contributed by atoms with Crippen molar-refractivity contribution in [3.63, 3.8) is 0 Å². The summed E-state index contributed by atoms with van der Waals surface area (Å²) in [5.74, 6) is 0.956. The van der Waals surface area contributed by atoms with Crippen molar-refractivity contribution in [1.29, 1.82) is 0 Å². The summed E-state index contributed by atoms with van der Waals surface area (Å²) in [7, 11) is 0. The molecule has 106 valence electrons. The average Bonchev–Trinajstić information content (AvgIpc) is 2.43. The van der Waals surface area contributed by atoms with Gasteiger partial charge in [0.1, 0.15) is 17.2 Å². The van der Waals surface area contributed by atoms with E-state index in [2.05, 4.69) is 61.2 Å². The second-order valence-corrected chi connectivity index (χ2v) is 5.79. The van der Waals surface area contributed by atoms with Crippen molar-refractivity contribution in [2.75, 3.05) is 11.9 Å². The lowest BCUT2D eigenvalue weighted by Gasteiger charge is -2.13. The molecule has 0 bridgehead atoms. The highest BCUT2D eigenvalue weighted by molar-refractivity contribution is 7.99. The molecule has 0 aliphatic carbocycles. The minimum Gasteiger partial charge on any atom is -0.370 e. The summed E-state index contributed by atoms with van der Waals surface area (Å²) in [6.45, 7) is 9.36. The van der Waals surface area contributed by atoms with Crippen molar-refractivity contribution >= 4 is 17.6 Å². The van der Waals surface area contributed by atoms with Crippen molar-refractivity contribution in [3.05, 3.63) is 41.2 Å². The fraction of sp³-hybridized carbons (Fsp3) is 0.375. The maximum absolute atomic E-state index is 4.47. The van der Waals surface area contributed by atoms with Crippen molar-refractivity contribution in [3.8, 4) is 0 Å². The van der Waals surface area contributed by atoms with E-state index in [4.69, 9.17) is 0 Å². The van der Waals surface area contributed by atoms with Crippen LogP contribution in [0.25, 0.3) is 0 Å². The normalized spacial score (nSPS) is 10.6. The minimum atomic E-state index is 0.873. The van der Waals surface area contributed by atoms with Gasteiger partial charge in [-0.25, -0.2) is 9.97 Å². The molecule has 0 fully saturated rings. The van der Waals surface area contributed by atoms with Gasteiger partial charge in [-0.3, -0.25) is 0 Å². The van der Waals surface area contributed by atoms with Crippen molar-refractivity contribution in [2.24, 2.45) is 0 Å². The summed E-state index contributed by atoms with van der Waals surface area (Å²) in [4.78, 5) is 10.1. The SMILES string of the molecule is CCNc1ncnc(Sc2cc(C)ccc2C)c1CC. The third-order valence-corrected chi connectivity index (χ3v) is 4.36. The van der Waals surface area contributed by atoms with E-state index < -0.39 is 0 Å². The molecule has 2 aromatic rings. The van der Waals surface area contributed by atoms with E-state index in [0.29, 0.717) is 0 Å². The zero-order chi connectivity index (χ0) is 14.5. The number of aryl methyl sites for hydroxylation is 2. The molecular formula is C16H21N3S. The Morgan fingerprint density at radius 3 is 2.65 bits per heavy atom. The number of nitrogens with one attached hydrogen (secondary N) is 1. The molecule has 0 saturated carbocycles. The first-order chi connectivity index (χ1) is 9.65. The van der Waals surface area contributed by atoms with Crippen molar-refractivity contribution < 1.29 is 0 Å². The van der Waals surface area contributed by atoms with Gasteiger partial charge in [0, 0.05) is 17.0 Å². The predicted molar refractivity (Wildman–Crippen MR) is 85.6 cm³/mol. The molecular weight excluding hydrogens is 266 g/mol. The third-order valence-electron chi connectivity index (χ3n) is 3.15. The number of benzene rings is 1. The summed E-state index contributed by atoms with van der Waals surface area (Å²) < 4.78 is 0. The summed E-state index contributed by atoms with van der Waals surface area (Å²) in [5.41, 5.74) is 3.75. The Hall–Kier alpha value is -1.55. The van der Waals surface area contributed by atoms with E-state index in [1.807, 2.05) is 0 Å². The molecule has 3 nitrogen and oxygen atoms in total. The molecule has 0 spiro atoms. The first kappa shape index (κ1) is 14.9. The highest BCUT2D eigenvalue weighted by Gasteiger charge is 2.11. The minimum absolute atomic E-state index is 0.873. The van der Waals surface area contributed by atoms with Crippen molar-refractivity contribution in [1.82, 2.24) is 9.97 Å². The number of anilines is 1. The zero-order valence-corrected chi connectivity index (χ0v) is 13.3. The van der Waals surface area contributed by atoms with Gasteiger partial charge < -0.3 is 5.32 Å². The maximum atomic E-state index is 4.47. The van der Waals surface area contributed by atoms with Crippen LogP contribution in [0.15, 0.2) is 34.4 Å². The zero-order valence-electron chi connectivity index (χ0n) is 12.5. The average molecular weight is 287 g/mol. The number of rotatable bonds is 5. The topological polar surface area (TPSA) is 37.8 Å². The Kier molecular flexibility index (Phi) is 5.01. The van der Waals surface area contributed by atoms with E-state index in [9.17, 15) is 0 Å². The van der Waals surface area contributed by atoms with Crippen molar-refractivity contribution in [2.45, 2.75) is 44.0 Å². The molecule has 0 saturated heterocycles. The molecule has 1 N–H and O–H groups in total.